The highest BCUT2D eigenvalue weighted by molar-refractivity contribution is 5.85. The van der Waals surface area contributed by atoms with E-state index in [0.29, 0.717) is 24.8 Å². The molecule has 0 bridgehead atoms. The molecule has 2 atom stereocenters. The van der Waals surface area contributed by atoms with E-state index in [0.717, 1.165) is 11.3 Å². The molecule has 18 heavy (non-hydrogen) atoms. The standard InChI is InChI=1S/C13H17FN2O2/c1-8-2-5-11(14)9(6-8)3-4-10-7-12(17)13(18)16-15-10/h2,5-6,12-13,16-18H,3-4,7H2,1H3/p+1. The normalized spacial score (nSPS) is 23.4. The first-order valence-corrected chi connectivity index (χ1v) is 6.01. The summed E-state index contributed by atoms with van der Waals surface area (Å²) >= 11 is 0. The summed E-state index contributed by atoms with van der Waals surface area (Å²) in [6.45, 7) is 1.93. The van der Waals surface area contributed by atoms with Gasteiger partial charge in [0.15, 0.2) is 0 Å². The van der Waals surface area contributed by atoms with E-state index in [9.17, 15) is 9.50 Å². The van der Waals surface area contributed by atoms with Crippen LogP contribution in [0.3, 0.4) is 0 Å². The van der Waals surface area contributed by atoms with Crippen LogP contribution in [0.5, 0.6) is 0 Å². The summed E-state index contributed by atoms with van der Waals surface area (Å²) in [7, 11) is 0. The van der Waals surface area contributed by atoms with Gasteiger partial charge in [0.25, 0.3) is 0 Å². The predicted octanol–water partition coefficient (Wildman–Crippen LogP) is 0.828. The van der Waals surface area contributed by atoms with Gasteiger partial charge in [0.2, 0.25) is 12.3 Å². The number of nitrogens with one attached hydrogen (secondary N) is 1. The van der Waals surface area contributed by atoms with Crippen molar-refractivity contribution < 1.29 is 14.6 Å². The summed E-state index contributed by atoms with van der Waals surface area (Å²) in [5, 5.41) is 20.9. The first-order chi connectivity index (χ1) is 8.56. The molecule has 0 radical (unpaired) electrons. The Labute approximate surface area is 105 Å². The van der Waals surface area contributed by atoms with Crippen LogP contribution in [0.25, 0.3) is 0 Å². The fourth-order valence-corrected chi connectivity index (χ4v) is 1.99. The first kappa shape index (κ1) is 13.0. The minimum absolute atomic E-state index is 0.201. The monoisotopic (exact) mass is 253 g/mol. The maximum absolute atomic E-state index is 13.5. The van der Waals surface area contributed by atoms with Gasteiger partial charge >= 0.3 is 0 Å². The zero-order valence-electron chi connectivity index (χ0n) is 10.3. The van der Waals surface area contributed by atoms with Gasteiger partial charge in [-0.05, 0) is 31.4 Å². The second-order valence-electron chi connectivity index (χ2n) is 4.66. The zero-order valence-corrected chi connectivity index (χ0v) is 10.3. The van der Waals surface area contributed by atoms with Crippen LogP contribution in [0.15, 0.2) is 23.3 Å². The van der Waals surface area contributed by atoms with Crippen molar-refractivity contribution >= 4 is 5.71 Å². The average molecular weight is 253 g/mol. The van der Waals surface area contributed by atoms with Crippen molar-refractivity contribution in [3.05, 3.63) is 35.1 Å². The van der Waals surface area contributed by atoms with Gasteiger partial charge in [-0.1, -0.05) is 17.7 Å². The topological polar surface area (TPSA) is 67.5 Å². The summed E-state index contributed by atoms with van der Waals surface area (Å²) in [4.78, 5) is 0. The number of hydrazone groups is 1. The number of benzene rings is 1. The van der Waals surface area contributed by atoms with Gasteiger partial charge in [0.1, 0.15) is 5.82 Å². The fraction of sp³-hybridized carbons (Fsp3) is 0.462. The van der Waals surface area contributed by atoms with Gasteiger partial charge in [0.05, 0.1) is 6.42 Å². The first-order valence-electron chi connectivity index (χ1n) is 6.01. The summed E-state index contributed by atoms with van der Waals surface area (Å²) in [6, 6.07) is 5.05. The molecule has 0 fully saturated rings. The van der Waals surface area contributed by atoms with E-state index < -0.39 is 12.3 Å². The number of nitrogens with zero attached hydrogens (tertiary/aromatic N) is 1. The Bertz CT molecular complexity index is 462. The summed E-state index contributed by atoms with van der Waals surface area (Å²) in [5.74, 6) is -0.201. The molecule has 0 aliphatic carbocycles. The highest BCUT2D eigenvalue weighted by Crippen LogP contribution is 2.15. The van der Waals surface area contributed by atoms with Crippen molar-refractivity contribution in [2.75, 3.05) is 0 Å². The van der Waals surface area contributed by atoms with Crippen LogP contribution in [-0.4, -0.2) is 28.3 Å². The highest BCUT2D eigenvalue weighted by atomic mass is 19.1. The SMILES string of the molecule is Cc1ccc(F)c(CCC2=NNC(O)C([OH2+])C2)c1. The molecule has 2 rings (SSSR count). The van der Waals surface area contributed by atoms with Crippen molar-refractivity contribution in [3.8, 4) is 0 Å². The lowest BCUT2D eigenvalue weighted by Gasteiger charge is -2.20. The molecule has 4 nitrogen and oxygen atoms in total. The molecule has 4 N–H and O–H groups in total. The Balaban J connectivity index is 1.98. The van der Waals surface area contributed by atoms with Gasteiger partial charge in [-0.2, -0.15) is 5.10 Å². The fourth-order valence-electron chi connectivity index (χ4n) is 1.99. The molecule has 0 aromatic heterocycles. The summed E-state index contributed by atoms with van der Waals surface area (Å²) in [5.41, 5.74) is 5.02. The zero-order chi connectivity index (χ0) is 13.1. The van der Waals surface area contributed by atoms with E-state index in [1.54, 1.807) is 6.07 Å². The Morgan fingerprint density at radius 2 is 2.28 bits per heavy atom. The van der Waals surface area contributed by atoms with Crippen LogP contribution in [0, 0.1) is 12.7 Å². The van der Waals surface area contributed by atoms with Crippen molar-refractivity contribution in [3.63, 3.8) is 0 Å². The quantitative estimate of drug-likeness (QED) is 0.783. The van der Waals surface area contributed by atoms with Crippen LogP contribution in [0.2, 0.25) is 0 Å². The molecule has 98 valence electrons. The third-order valence-corrected chi connectivity index (χ3v) is 3.08. The third kappa shape index (κ3) is 3.05. The van der Waals surface area contributed by atoms with Gasteiger partial charge in [0, 0.05) is 5.71 Å². The minimum Gasteiger partial charge on any atom is -0.440 e. The molecule has 5 heteroatoms. The second-order valence-corrected chi connectivity index (χ2v) is 4.66. The Kier molecular flexibility index (Phi) is 3.93. The second kappa shape index (κ2) is 5.46. The van der Waals surface area contributed by atoms with Crippen LogP contribution in [0.4, 0.5) is 4.39 Å². The Morgan fingerprint density at radius 3 is 3.00 bits per heavy atom. The lowest BCUT2D eigenvalue weighted by molar-refractivity contribution is -0.00288. The number of aryl methyl sites for hydroxylation is 2. The van der Waals surface area contributed by atoms with Crippen LogP contribution in [0.1, 0.15) is 24.0 Å². The minimum atomic E-state index is -0.899. The largest absolute Gasteiger partial charge is 0.440 e. The molecule has 0 saturated heterocycles. The van der Waals surface area contributed by atoms with E-state index in [1.807, 2.05) is 13.0 Å². The van der Waals surface area contributed by atoms with Crippen LogP contribution >= 0.6 is 0 Å². The van der Waals surface area contributed by atoms with Crippen LogP contribution in [-0.2, 0) is 6.42 Å². The molecular weight excluding hydrogens is 235 g/mol. The van der Waals surface area contributed by atoms with E-state index >= 15 is 0 Å². The maximum atomic E-state index is 13.5. The summed E-state index contributed by atoms with van der Waals surface area (Å²) < 4.78 is 13.5. The molecule has 1 aromatic rings. The number of hydrogen-bond acceptors (Lipinski definition) is 3. The van der Waals surface area contributed by atoms with Crippen LogP contribution < -0.4 is 5.43 Å². The molecule has 0 amide bonds. The van der Waals surface area contributed by atoms with Gasteiger partial charge in [-0.15, -0.1) is 0 Å². The van der Waals surface area contributed by atoms with Gasteiger partial charge < -0.3 is 10.2 Å². The Morgan fingerprint density at radius 1 is 1.50 bits per heavy atom. The predicted molar refractivity (Wildman–Crippen MR) is 68.1 cm³/mol. The third-order valence-electron chi connectivity index (χ3n) is 3.08. The maximum Gasteiger partial charge on any atom is 0.212 e. The number of aliphatic hydroxyl groups is 1. The number of aliphatic hydroxyl groups excluding tert-OH is 1. The van der Waals surface area contributed by atoms with Crippen molar-refractivity contribution in [1.82, 2.24) is 5.43 Å². The Hall–Kier alpha value is -1.46. The number of rotatable bonds is 3. The number of halogens is 1. The molecule has 1 heterocycles. The van der Waals surface area contributed by atoms with Gasteiger partial charge in [-0.25, -0.2) is 4.39 Å². The molecule has 2 unspecified atom stereocenters. The van der Waals surface area contributed by atoms with Crippen molar-refractivity contribution in [1.29, 1.82) is 0 Å². The van der Waals surface area contributed by atoms with Crippen molar-refractivity contribution in [2.45, 2.75) is 38.5 Å². The molecule has 0 spiro atoms. The molecular formula is C13H18FN2O2+. The lowest BCUT2D eigenvalue weighted by atomic mass is 10.0. The molecule has 1 aromatic carbocycles. The molecule has 0 saturated carbocycles. The lowest BCUT2D eigenvalue weighted by Crippen LogP contribution is -2.42. The average Bonchev–Trinajstić information content (AvgIpc) is 2.34. The van der Waals surface area contributed by atoms with E-state index in [1.165, 1.54) is 6.07 Å². The molecule has 1 aliphatic rings. The molecule has 1 aliphatic heterocycles. The smallest absolute Gasteiger partial charge is 0.212 e. The van der Waals surface area contributed by atoms with Crippen molar-refractivity contribution in [2.24, 2.45) is 5.10 Å². The van der Waals surface area contributed by atoms with E-state index in [-0.39, 0.29) is 5.82 Å². The van der Waals surface area contributed by atoms with E-state index in [4.69, 9.17) is 5.11 Å². The highest BCUT2D eigenvalue weighted by Gasteiger charge is 2.26. The number of hydrogen-bond donors (Lipinski definition) is 2. The van der Waals surface area contributed by atoms with Gasteiger partial charge in [-0.3, -0.25) is 5.43 Å². The van der Waals surface area contributed by atoms with E-state index in [2.05, 4.69) is 10.5 Å². The summed E-state index contributed by atoms with van der Waals surface area (Å²) in [6.07, 6.45) is 0.109.